The molecule has 24 heavy (non-hydrogen) atoms. The van der Waals surface area contributed by atoms with Crippen molar-refractivity contribution in [3.63, 3.8) is 0 Å². The SMILES string of the molecule is Cc1nc(CCNC(=O)[C@H]2CCCN2C(=O)c2cccnc2)cs1. The van der Waals surface area contributed by atoms with Gasteiger partial charge in [-0.3, -0.25) is 14.6 Å². The van der Waals surface area contributed by atoms with Crippen LogP contribution in [0.1, 0.15) is 33.9 Å². The molecule has 3 rings (SSSR count). The van der Waals surface area contributed by atoms with Crippen LogP contribution in [-0.2, 0) is 11.2 Å². The lowest BCUT2D eigenvalue weighted by Gasteiger charge is -2.23. The fourth-order valence-electron chi connectivity index (χ4n) is 2.89. The molecule has 0 aromatic carbocycles. The van der Waals surface area contributed by atoms with Crippen LogP contribution in [0.25, 0.3) is 0 Å². The lowest BCUT2D eigenvalue weighted by molar-refractivity contribution is -0.124. The number of carbonyl (C=O) groups excluding carboxylic acids is 2. The van der Waals surface area contributed by atoms with Crippen LogP contribution in [0.15, 0.2) is 29.9 Å². The first-order valence-electron chi connectivity index (χ1n) is 8.05. The minimum Gasteiger partial charge on any atom is -0.354 e. The fourth-order valence-corrected chi connectivity index (χ4v) is 3.54. The van der Waals surface area contributed by atoms with Gasteiger partial charge >= 0.3 is 0 Å². The normalized spacial score (nSPS) is 17.0. The molecule has 7 heteroatoms. The largest absolute Gasteiger partial charge is 0.354 e. The molecule has 2 amide bonds. The molecule has 2 aromatic heterocycles. The number of nitrogens with zero attached hydrogens (tertiary/aromatic N) is 3. The predicted octanol–water partition coefficient (Wildman–Crippen LogP) is 1.81. The number of rotatable bonds is 5. The lowest BCUT2D eigenvalue weighted by Crippen LogP contribution is -2.46. The van der Waals surface area contributed by atoms with Crippen LogP contribution in [0, 0.1) is 6.92 Å². The van der Waals surface area contributed by atoms with Crippen molar-refractivity contribution in [2.45, 2.75) is 32.2 Å². The van der Waals surface area contributed by atoms with Gasteiger partial charge < -0.3 is 10.2 Å². The smallest absolute Gasteiger partial charge is 0.256 e. The molecule has 6 nitrogen and oxygen atoms in total. The molecule has 3 heterocycles. The van der Waals surface area contributed by atoms with Gasteiger partial charge in [-0.05, 0) is 31.9 Å². The van der Waals surface area contributed by atoms with E-state index in [1.807, 2.05) is 12.3 Å². The summed E-state index contributed by atoms with van der Waals surface area (Å²) in [5.74, 6) is -0.215. The highest BCUT2D eigenvalue weighted by Gasteiger charge is 2.34. The maximum atomic E-state index is 12.6. The predicted molar refractivity (Wildman–Crippen MR) is 91.9 cm³/mol. The van der Waals surface area contributed by atoms with Gasteiger partial charge in [0.1, 0.15) is 6.04 Å². The fraction of sp³-hybridized carbons (Fsp3) is 0.412. The molecule has 0 radical (unpaired) electrons. The molecule has 126 valence electrons. The van der Waals surface area contributed by atoms with E-state index in [1.54, 1.807) is 40.8 Å². The van der Waals surface area contributed by atoms with Crippen molar-refractivity contribution < 1.29 is 9.59 Å². The second kappa shape index (κ2) is 7.53. The Morgan fingerprint density at radius 1 is 1.46 bits per heavy atom. The number of hydrogen-bond donors (Lipinski definition) is 1. The summed E-state index contributed by atoms with van der Waals surface area (Å²) in [7, 11) is 0. The molecule has 1 saturated heterocycles. The van der Waals surface area contributed by atoms with Gasteiger partial charge in [-0.2, -0.15) is 0 Å². The third-order valence-electron chi connectivity index (χ3n) is 4.07. The summed E-state index contributed by atoms with van der Waals surface area (Å²) in [6, 6.07) is 3.07. The van der Waals surface area contributed by atoms with Gasteiger partial charge in [0.05, 0.1) is 16.3 Å². The number of amides is 2. The summed E-state index contributed by atoms with van der Waals surface area (Å²) in [5, 5.41) is 5.97. The summed E-state index contributed by atoms with van der Waals surface area (Å²) in [5.41, 5.74) is 1.52. The highest BCUT2D eigenvalue weighted by molar-refractivity contribution is 7.09. The minimum absolute atomic E-state index is 0.0864. The van der Waals surface area contributed by atoms with E-state index in [4.69, 9.17) is 0 Å². The lowest BCUT2D eigenvalue weighted by atomic mass is 10.2. The number of carbonyl (C=O) groups is 2. The average Bonchev–Trinajstić information content (AvgIpc) is 3.24. The van der Waals surface area contributed by atoms with Gasteiger partial charge in [0, 0.05) is 37.3 Å². The van der Waals surface area contributed by atoms with Crippen molar-refractivity contribution >= 4 is 23.2 Å². The van der Waals surface area contributed by atoms with Crippen molar-refractivity contribution in [1.82, 2.24) is 20.2 Å². The second-order valence-corrected chi connectivity index (χ2v) is 6.86. The van der Waals surface area contributed by atoms with Gasteiger partial charge in [-0.1, -0.05) is 0 Å². The monoisotopic (exact) mass is 344 g/mol. The van der Waals surface area contributed by atoms with Crippen molar-refractivity contribution in [1.29, 1.82) is 0 Å². The number of aromatic nitrogens is 2. The Morgan fingerprint density at radius 3 is 3.04 bits per heavy atom. The Bertz CT molecular complexity index is 716. The Labute approximate surface area is 144 Å². The van der Waals surface area contributed by atoms with Crippen molar-refractivity contribution in [3.8, 4) is 0 Å². The zero-order valence-corrected chi connectivity index (χ0v) is 14.4. The molecule has 1 aliphatic rings. The number of thiazole rings is 1. The van der Waals surface area contributed by atoms with Gasteiger partial charge in [-0.25, -0.2) is 4.98 Å². The van der Waals surface area contributed by atoms with E-state index in [0.717, 1.165) is 17.1 Å². The Morgan fingerprint density at radius 2 is 2.33 bits per heavy atom. The van der Waals surface area contributed by atoms with Crippen molar-refractivity contribution in [2.24, 2.45) is 0 Å². The molecule has 1 fully saturated rings. The molecule has 0 aliphatic carbocycles. The van der Waals surface area contributed by atoms with Crippen LogP contribution in [0.2, 0.25) is 0 Å². The van der Waals surface area contributed by atoms with E-state index in [2.05, 4.69) is 15.3 Å². The molecule has 0 bridgehead atoms. The summed E-state index contributed by atoms with van der Waals surface area (Å²) in [4.78, 5) is 35.0. The highest BCUT2D eigenvalue weighted by Crippen LogP contribution is 2.20. The first-order valence-corrected chi connectivity index (χ1v) is 8.93. The number of hydrogen-bond acceptors (Lipinski definition) is 5. The first-order chi connectivity index (χ1) is 11.6. The van der Waals surface area contributed by atoms with Crippen molar-refractivity contribution in [2.75, 3.05) is 13.1 Å². The van der Waals surface area contributed by atoms with Gasteiger partial charge in [0.2, 0.25) is 5.91 Å². The molecule has 0 spiro atoms. The molecule has 0 unspecified atom stereocenters. The molecule has 1 aliphatic heterocycles. The van der Waals surface area contributed by atoms with E-state index >= 15 is 0 Å². The van der Waals surface area contributed by atoms with Crippen LogP contribution in [0.3, 0.4) is 0 Å². The number of nitrogens with one attached hydrogen (secondary N) is 1. The van der Waals surface area contributed by atoms with Crippen LogP contribution in [-0.4, -0.2) is 45.8 Å². The van der Waals surface area contributed by atoms with Crippen LogP contribution in [0.5, 0.6) is 0 Å². The Balaban J connectivity index is 1.56. The zero-order chi connectivity index (χ0) is 16.9. The van der Waals surface area contributed by atoms with Gasteiger partial charge in [0.15, 0.2) is 0 Å². The number of pyridine rings is 1. The zero-order valence-electron chi connectivity index (χ0n) is 13.6. The molecule has 2 aromatic rings. The molecular formula is C17H20N4O2S. The quantitative estimate of drug-likeness (QED) is 0.898. The Kier molecular flexibility index (Phi) is 5.20. The number of aryl methyl sites for hydroxylation is 1. The third-order valence-corrected chi connectivity index (χ3v) is 4.89. The topological polar surface area (TPSA) is 75.2 Å². The van der Waals surface area contributed by atoms with E-state index in [-0.39, 0.29) is 11.8 Å². The standard InChI is InChI=1S/C17H20N4O2S/c1-12-20-14(11-24-12)6-8-19-16(22)15-5-3-9-21(15)17(23)13-4-2-7-18-10-13/h2,4,7,10-11,15H,3,5-6,8-9H2,1H3,(H,19,22)/t15-/m1/s1. The highest BCUT2D eigenvalue weighted by atomic mass is 32.1. The van der Waals surface area contributed by atoms with E-state index in [1.165, 1.54) is 0 Å². The number of likely N-dealkylation sites (tertiary alicyclic amines) is 1. The maximum absolute atomic E-state index is 12.6. The Hall–Kier alpha value is -2.28. The van der Waals surface area contributed by atoms with Crippen LogP contribution in [0.4, 0.5) is 0 Å². The molecule has 1 N–H and O–H groups in total. The first kappa shape index (κ1) is 16.6. The summed E-state index contributed by atoms with van der Waals surface area (Å²) in [6.45, 7) is 3.11. The maximum Gasteiger partial charge on any atom is 0.256 e. The van der Waals surface area contributed by atoms with E-state index in [9.17, 15) is 9.59 Å². The molecule has 1 atom stereocenters. The van der Waals surface area contributed by atoms with Crippen molar-refractivity contribution in [3.05, 3.63) is 46.2 Å². The molecule has 0 saturated carbocycles. The third kappa shape index (κ3) is 3.79. The van der Waals surface area contributed by atoms with E-state index < -0.39 is 6.04 Å². The van der Waals surface area contributed by atoms with E-state index in [0.29, 0.717) is 31.5 Å². The summed E-state index contributed by atoms with van der Waals surface area (Å²) >= 11 is 1.61. The van der Waals surface area contributed by atoms with Crippen LogP contribution < -0.4 is 5.32 Å². The van der Waals surface area contributed by atoms with Gasteiger partial charge in [-0.15, -0.1) is 11.3 Å². The van der Waals surface area contributed by atoms with Gasteiger partial charge in [0.25, 0.3) is 5.91 Å². The summed E-state index contributed by atoms with van der Waals surface area (Å²) < 4.78 is 0. The van der Waals surface area contributed by atoms with Crippen LogP contribution >= 0.6 is 11.3 Å². The average molecular weight is 344 g/mol. The second-order valence-electron chi connectivity index (χ2n) is 5.80. The minimum atomic E-state index is -0.394. The summed E-state index contributed by atoms with van der Waals surface area (Å²) in [6.07, 6.45) is 5.42. The molecular weight excluding hydrogens is 324 g/mol.